The molecule has 0 aliphatic heterocycles. The van der Waals surface area contributed by atoms with Gasteiger partial charge in [0.15, 0.2) is 0 Å². The number of unbranched alkanes of at least 4 members (excludes halogenated alkanes) is 8. The molecule has 0 aromatic carbocycles. The summed E-state index contributed by atoms with van der Waals surface area (Å²) in [4.78, 5) is 44.6. The van der Waals surface area contributed by atoms with Gasteiger partial charge in [0.25, 0.3) is 0 Å². The van der Waals surface area contributed by atoms with Crippen LogP contribution in [0.25, 0.3) is 0 Å². The molecule has 35 heavy (non-hydrogen) atoms. The van der Waals surface area contributed by atoms with Gasteiger partial charge in [0.05, 0.1) is 5.92 Å². The average molecular weight is 499 g/mol. The van der Waals surface area contributed by atoms with Gasteiger partial charge in [-0.3, -0.25) is 9.78 Å². The molecule has 1 saturated carbocycles. The molecule has 0 radical (unpaired) electrons. The molecular formula is C29H54O6. The monoisotopic (exact) mass is 498 g/mol. The second-order valence-corrected chi connectivity index (χ2v) is 12.4. The van der Waals surface area contributed by atoms with E-state index >= 15 is 0 Å². The summed E-state index contributed by atoms with van der Waals surface area (Å²) in [7, 11) is 0. The van der Waals surface area contributed by atoms with Crippen LogP contribution in [0, 0.1) is 17.8 Å². The molecule has 3 unspecified atom stereocenters. The molecule has 1 aliphatic carbocycles. The Hall–Kier alpha value is -1.14. The van der Waals surface area contributed by atoms with E-state index in [1.165, 1.54) is 57.8 Å². The van der Waals surface area contributed by atoms with Gasteiger partial charge in [-0.05, 0) is 72.6 Å². The fourth-order valence-corrected chi connectivity index (χ4v) is 4.74. The second kappa shape index (κ2) is 16.6. The molecule has 0 spiro atoms. The summed E-state index contributed by atoms with van der Waals surface area (Å²) < 4.78 is 0. The van der Waals surface area contributed by atoms with Crippen LogP contribution in [0.5, 0.6) is 0 Å². The SMILES string of the molecule is CCC1CCC(CCCCCCCCCCCC(=O)OOC(C)(C)C)CC1C(=O)OOC(C)(C)C. The first kappa shape index (κ1) is 31.9. The van der Waals surface area contributed by atoms with Crippen molar-refractivity contribution in [1.82, 2.24) is 0 Å². The fourth-order valence-electron chi connectivity index (χ4n) is 4.74. The smallest absolute Gasteiger partial charge is 0.298 e. The number of rotatable bonds is 16. The Morgan fingerprint density at radius 2 is 1.23 bits per heavy atom. The van der Waals surface area contributed by atoms with Gasteiger partial charge in [0.2, 0.25) is 0 Å². The van der Waals surface area contributed by atoms with E-state index in [2.05, 4.69) is 6.92 Å². The molecule has 0 amide bonds. The highest BCUT2D eigenvalue weighted by Crippen LogP contribution is 2.39. The Kier molecular flexibility index (Phi) is 15.1. The lowest BCUT2D eigenvalue weighted by Gasteiger charge is -2.34. The first-order valence-electron chi connectivity index (χ1n) is 14.2. The minimum atomic E-state index is -0.471. The molecular weight excluding hydrogens is 444 g/mol. The highest BCUT2D eigenvalue weighted by molar-refractivity contribution is 5.72. The van der Waals surface area contributed by atoms with Crippen LogP contribution in [-0.4, -0.2) is 23.1 Å². The van der Waals surface area contributed by atoms with Gasteiger partial charge < -0.3 is 0 Å². The Morgan fingerprint density at radius 3 is 1.77 bits per heavy atom. The van der Waals surface area contributed by atoms with Crippen LogP contribution in [0.15, 0.2) is 0 Å². The molecule has 6 heteroatoms. The lowest BCUT2D eigenvalue weighted by Crippen LogP contribution is -2.34. The topological polar surface area (TPSA) is 71.1 Å². The van der Waals surface area contributed by atoms with E-state index in [1.54, 1.807) is 0 Å². The molecule has 0 aromatic rings. The van der Waals surface area contributed by atoms with Crippen molar-refractivity contribution in [3.63, 3.8) is 0 Å². The Labute approximate surface area is 215 Å². The zero-order chi connectivity index (χ0) is 26.3. The quantitative estimate of drug-likeness (QED) is 0.121. The van der Waals surface area contributed by atoms with Crippen molar-refractivity contribution < 1.29 is 29.1 Å². The highest BCUT2D eigenvalue weighted by atomic mass is 17.2. The number of carbonyl (C=O) groups is 2. The Balaban J connectivity index is 2.06. The van der Waals surface area contributed by atoms with Gasteiger partial charge in [-0.2, -0.15) is 9.78 Å². The van der Waals surface area contributed by atoms with Crippen molar-refractivity contribution in [2.45, 2.75) is 156 Å². The van der Waals surface area contributed by atoms with Crippen LogP contribution < -0.4 is 0 Å². The molecule has 206 valence electrons. The van der Waals surface area contributed by atoms with E-state index in [9.17, 15) is 9.59 Å². The first-order chi connectivity index (χ1) is 16.4. The van der Waals surface area contributed by atoms with Crippen molar-refractivity contribution in [2.24, 2.45) is 17.8 Å². The summed E-state index contributed by atoms with van der Waals surface area (Å²) in [5.74, 6) is 0.584. The van der Waals surface area contributed by atoms with Crippen LogP contribution in [0.1, 0.15) is 145 Å². The molecule has 6 nitrogen and oxygen atoms in total. The minimum Gasteiger partial charge on any atom is -0.298 e. The largest absolute Gasteiger partial charge is 0.345 e. The van der Waals surface area contributed by atoms with Crippen molar-refractivity contribution in [3.05, 3.63) is 0 Å². The summed E-state index contributed by atoms with van der Waals surface area (Å²) in [5, 5.41) is 0. The standard InChI is InChI=1S/C29H54O6/c1-8-24-21-20-23(22-25(24)27(31)33-35-29(5,6)7)18-16-14-12-10-9-11-13-15-17-19-26(30)32-34-28(2,3)4/h23-25H,8-22H2,1-7H3. The second-order valence-electron chi connectivity index (χ2n) is 12.4. The predicted octanol–water partition coefficient (Wildman–Crippen LogP) is 8.27. The average Bonchev–Trinajstić information content (AvgIpc) is 2.78. The fraction of sp³-hybridized carbons (Fsp3) is 0.931. The maximum Gasteiger partial charge on any atom is 0.345 e. The zero-order valence-corrected chi connectivity index (χ0v) is 23.8. The summed E-state index contributed by atoms with van der Waals surface area (Å²) in [6.07, 6.45) is 16.7. The van der Waals surface area contributed by atoms with Crippen molar-refractivity contribution in [3.8, 4) is 0 Å². The minimum absolute atomic E-state index is 0.0195. The molecule has 0 saturated heterocycles. The van der Waals surface area contributed by atoms with Crippen LogP contribution in [0.4, 0.5) is 0 Å². The molecule has 0 heterocycles. The molecule has 0 aromatic heterocycles. The molecule has 1 fully saturated rings. The number of hydrogen-bond donors (Lipinski definition) is 0. The normalized spacial score (nSPS) is 21.1. The maximum atomic E-state index is 12.6. The van der Waals surface area contributed by atoms with Crippen molar-refractivity contribution in [2.75, 3.05) is 0 Å². The van der Waals surface area contributed by atoms with Gasteiger partial charge in [-0.1, -0.05) is 77.6 Å². The van der Waals surface area contributed by atoms with Crippen molar-refractivity contribution in [1.29, 1.82) is 0 Å². The molecule has 1 aliphatic rings. The predicted molar refractivity (Wildman–Crippen MR) is 139 cm³/mol. The summed E-state index contributed by atoms with van der Waals surface area (Å²) in [6.45, 7) is 13.4. The number of carbonyl (C=O) groups excluding carboxylic acids is 2. The summed E-state index contributed by atoms with van der Waals surface area (Å²) in [6, 6.07) is 0. The van der Waals surface area contributed by atoms with E-state index in [0.29, 0.717) is 18.3 Å². The number of hydrogen-bond acceptors (Lipinski definition) is 6. The van der Waals surface area contributed by atoms with Gasteiger partial charge >= 0.3 is 11.9 Å². The van der Waals surface area contributed by atoms with Crippen LogP contribution in [0.3, 0.4) is 0 Å². The molecule has 3 atom stereocenters. The third-order valence-electron chi connectivity index (χ3n) is 6.68. The van der Waals surface area contributed by atoms with Crippen LogP contribution in [0.2, 0.25) is 0 Å². The summed E-state index contributed by atoms with van der Waals surface area (Å²) >= 11 is 0. The third-order valence-corrected chi connectivity index (χ3v) is 6.68. The Bertz CT molecular complexity index is 589. The van der Waals surface area contributed by atoms with E-state index in [1.807, 2.05) is 41.5 Å². The lowest BCUT2D eigenvalue weighted by atomic mass is 9.71. The molecule has 1 rings (SSSR count). The first-order valence-corrected chi connectivity index (χ1v) is 14.2. The van der Waals surface area contributed by atoms with Gasteiger partial charge in [-0.15, -0.1) is 0 Å². The van der Waals surface area contributed by atoms with E-state index in [4.69, 9.17) is 19.6 Å². The van der Waals surface area contributed by atoms with Gasteiger partial charge in [0, 0.05) is 6.42 Å². The van der Waals surface area contributed by atoms with Gasteiger partial charge in [-0.25, -0.2) is 9.59 Å². The maximum absolute atomic E-state index is 12.6. The van der Waals surface area contributed by atoms with E-state index in [0.717, 1.165) is 32.1 Å². The van der Waals surface area contributed by atoms with Crippen molar-refractivity contribution >= 4 is 11.9 Å². The molecule has 0 bridgehead atoms. The molecule has 0 N–H and O–H groups in total. The van der Waals surface area contributed by atoms with E-state index < -0.39 is 11.2 Å². The van der Waals surface area contributed by atoms with Gasteiger partial charge in [0.1, 0.15) is 11.2 Å². The van der Waals surface area contributed by atoms with E-state index in [-0.39, 0.29) is 17.9 Å². The Morgan fingerprint density at radius 1 is 0.714 bits per heavy atom. The highest BCUT2D eigenvalue weighted by Gasteiger charge is 2.36. The summed E-state index contributed by atoms with van der Waals surface area (Å²) in [5.41, 5.74) is -0.928. The lowest BCUT2D eigenvalue weighted by molar-refractivity contribution is -0.324. The van der Waals surface area contributed by atoms with Crippen LogP contribution >= 0.6 is 0 Å². The zero-order valence-electron chi connectivity index (χ0n) is 23.8. The third kappa shape index (κ3) is 16.3. The van der Waals surface area contributed by atoms with Crippen LogP contribution in [-0.2, 0) is 29.1 Å².